The summed E-state index contributed by atoms with van der Waals surface area (Å²) in [6, 6.07) is 8.85. The van der Waals surface area contributed by atoms with Crippen LogP contribution in [-0.2, 0) is 5.41 Å². The molecule has 1 aromatic heterocycles. The summed E-state index contributed by atoms with van der Waals surface area (Å²) in [5, 5.41) is 6.64. The van der Waals surface area contributed by atoms with Crippen molar-refractivity contribution in [3.63, 3.8) is 0 Å². The predicted octanol–water partition coefficient (Wildman–Crippen LogP) is 4.26. The topological polar surface area (TPSA) is 64.4 Å². The van der Waals surface area contributed by atoms with E-state index in [9.17, 15) is 4.79 Å². The Morgan fingerprint density at radius 2 is 2.04 bits per heavy atom. The minimum atomic E-state index is -0.242. The second-order valence-corrected chi connectivity index (χ2v) is 7.01. The lowest BCUT2D eigenvalue weighted by Crippen LogP contribution is -2.13. The molecule has 0 aliphatic rings. The maximum atomic E-state index is 12.3. The molecule has 124 valence electrons. The van der Waals surface area contributed by atoms with Crippen LogP contribution in [0.1, 0.15) is 50.7 Å². The number of benzene rings is 1. The van der Waals surface area contributed by atoms with Crippen molar-refractivity contribution in [2.75, 3.05) is 11.9 Å². The fraction of sp³-hybridized carbons (Fsp3) is 0.444. The lowest BCUT2D eigenvalue weighted by molar-refractivity contribution is 0.102. The highest BCUT2D eigenvalue weighted by molar-refractivity contribution is 6.03. The molecule has 0 spiro atoms. The van der Waals surface area contributed by atoms with Crippen LogP contribution in [-0.4, -0.2) is 17.7 Å². The number of nitrogens with one attached hydrogen (secondary N) is 1. The first-order valence-corrected chi connectivity index (χ1v) is 7.77. The molecular weight excluding hydrogens is 292 g/mol. The van der Waals surface area contributed by atoms with E-state index in [-0.39, 0.29) is 11.3 Å². The van der Waals surface area contributed by atoms with E-state index >= 15 is 0 Å². The number of carbonyl (C=O) groups is 1. The van der Waals surface area contributed by atoms with E-state index in [4.69, 9.17) is 9.26 Å². The molecular formula is C18H24N2O3. The summed E-state index contributed by atoms with van der Waals surface area (Å²) >= 11 is 0. The number of hydrogen-bond donors (Lipinski definition) is 1. The van der Waals surface area contributed by atoms with Crippen LogP contribution in [0.5, 0.6) is 5.75 Å². The van der Waals surface area contributed by atoms with Crippen LogP contribution in [0.25, 0.3) is 0 Å². The minimum Gasteiger partial charge on any atom is -0.493 e. The smallest absolute Gasteiger partial charge is 0.257 e. The third kappa shape index (κ3) is 4.84. The molecule has 23 heavy (non-hydrogen) atoms. The first kappa shape index (κ1) is 17.1. The first-order valence-electron chi connectivity index (χ1n) is 7.77. The Labute approximate surface area is 137 Å². The van der Waals surface area contributed by atoms with Gasteiger partial charge in [0.25, 0.3) is 5.91 Å². The van der Waals surface area contributed by atoms with E-state index in [2.05, 4.69) is 24.3 Å². The van der Waals surface area contributed by atoms with Gasteiger partial charge in [0, 0.05) is 17.0 Å². The quantitative estimate of drug-likeness (QED) is 0.895. The van der Waals surface area contributed by atoms with Crippen molar-refractivity contribution in [3.05, 3.63) is 41.7 Å². The van der Waals surface area contributed by atoms with Crippen LogP contribution in [0, 0.1) is 5.92 Å². The molecule has 0 atom stereocenters. The summed E-state index contributed by atoms with van der Waals surface area (Å²) in [6.45, 7) is 10.8. The molecule has 5 heteroatoms. The van der Waals surface area contributed by atoms with E-state index < -0.39 is 0 Å². The zero-order chi connectivity index (χ0) is 17.0. The Morgan fingerprint density at radius 3 is 2.65 bits per heavy atom. The number of anilines is 1. The molecule has 1 heterocycles. The van der Waals surface area contributed by atoms with E-state index in [0.29, 0.717) is 29.7 Å². The number of ether oxygens (including phenoxy) is 1. The molecule has 0 bridgehead atoms. The number of rotatable bonds is 5. The van der Waals surface area contributed by atoms with Crippen molar-refractivity contribution in [1.82, 2.24) is 5.16 Å². The third-order valence-corrected chi connectivity index (χ3v) is 3.17. The van der Waals surface area contributed by atoms with E-state index in [1.54, 1.807) is 24.3 Å². The Morgan fingerprint density at radius 1 is 1.30 bits per heavy atom. The SMILES string of the molecule is CC(C)COc1cccc(C(=O)Nc2cc(C(C)(C)C)on2)c1. The van der Waals surface area contributed by atoms with Gasteiger partial charge < -0.3 is 14.6 Å². The predicted molar refractivity (Wildman–Crippen MR) is 89.9 cm³/mol. The second-order valence-electron chi connectivity index (χ2n) is 7.01. The lowest BCUT2D eigenvalue weighted by Gasteiger charge is -2.12. The Hall–Kier alpha value is -2.30. The van der Waals surface area contributed by atoms with Gasteiger partial charge in [0.1, 0.15) is 11.5 Å². The van der Waals surface area contributed by atoms with Gasteiger partial charge in [0.05, 0.1) is 6.61 Å². The fourth-order valence-corrected chi connectivity index (χ4v) is 1.87. The number of nitrogens with zero attached hydrogens (tertiary/aromatic N) is 1. The van der Waals surface area contributed by atoms with Gasteiger partial charge in [0.2, 0.25) is 0 Å². The van der Waals surface area contributed by atoms with Crippen molar-refractivity contribution in [2.45, 2.75) is 40.0 Å². The average Bonchev–Trinajstić information content (AvgIpc) is 2.94. The number of amides is 1. The highest BCUT2D eigenvalue weighted by Gasteiger charge is 2.20. The highest BCUT2D eigenvalue weighted by atomic mass is 16.5. The van der Waals surface area contributed by atoms with Crippen LogP contribution in [0.3, 0.4) is 0 Å². The second kappa shape index (κ2) is 6.86. The van der Waals surface area contributed by atoms with Gasteiger partial charge in [-0.2, -0.15) is 0 Å². The molecule has 0 unspecified atom stereocenters. The molecule has 0 fully saturated rings. The van der Waals surface area contributed by atoms with E-state index in [0.717, 1.165) is 5.76 Å². The highest BCUT2D eigenvalue weighted by Crippen LogP contribution is 2.24. The van der Waals surface area contributed by atoms with Gasteiger partial charge in [-0.15, -0.1) is 0 Å². The first-order chi connectivity index (χ1) is 10.8. The van der Waals surface area contributed by atoms with Crippen molar-refractivity contribution >= 4 is 11.7 Å². The normalized spacial score (nSPS) is 11.6. The van der Waals surface area contributed by atoms with Gasteiger partial charge in [-0.1, -0.05) is 45.8 Å². The maximum absolute atomic E-state index is 12.3. The van der Waals surface area contributed by atoms with Gasteiger partial charge in [-0.3, -0.25) is 4.79 Å². The monoisotopic (exact) mass is 316 g/mol. The van der Waals surface area contributed by atoms with Gasteiger partial charge in [0.15, 0.2) is 5.82 Å². The van der Waals surface area contributed by atoms with Crippen LogP contribution in [0.2, 0.25) is 0 Å². The standard InChI is InChI=1S/C18H24N2O3/c1-12(2)11-22-14-8-6-7-13(9-14)17(21)19-16-10-15(23-20-16)18(3,4)5/h6-10,12H,11H2,1-5H3,(H,19,20,21). The van der Waals surface area contributed by atoms with Gasteiger partial charge >= 0.3 is 0 Å². The number of hydrogen-bond acceptors (Lipinski definition) is 4. The van der Waals surface area contributed by atoms with Crippen LogP contribution in [0.4, 0.5) is 5.82 Å². The van der Waals surface area contributed by atoms with Crippen molar-refractivity contribution in [1.29, 1.82) is 0 Å². The van der Waals surface area contributed by atoms with E-state index in [1.807, 2.05) is 26.8 Å². The molecule has 2 rings (SSSR count). The van der Waals surface area contributed by atoms with Crippen molar-refractivity contribution in [2.24, 2.45) is 5.92 Å². The fourth-order valence-electron chi connectivity index (χ4n) is 1.87. The summed E-state index contributed by atoms with van der Waals surface area (Å²) in [5.74, 6) is 2.00. The van der Waals surface area contributed by atoms with Crippen molar-refractivity contribution < 1.29 is 14.1 Å². The Kier molecular flexibility index (Phi) is 5.08. The molecule has 0 aliphatic heterocycles. The summed E-state index contributed by atoms with van der Waals surface area (Å²) in [6.07, 6.45) is 0. The lowest BCUT2D eigenvalue weighted by atomic mass is 9.93. The zero-order valence-corrected chi connectivity index (χ0v) is 14.3. The molecule has 1 amide bonds. The zero-order valence-electron chi connectivity index (χ0n) is 14.3. The average molecular weight is 316 g/mol. The van der Waals surface area contributed by atoms with Crippen LogP contribution in [0.15, 0.2) is 34.9 Å². The molecule has 5 nitrogen and oxygen atoms in total. The molecule has 2 aromatic rings. The molecule has 1 N–H and O–H groups in total. The van der Waals surface area contributed by atoms with Crippen molar-refractivity contribution in [3.8, 4) is 5.75 Å². The molecule has 0 saturated heterocycles. The van der Waals surface area contributed by atoms with Gasteiger partial charge in [-0.25, -0.2) is 0 Å². The van der Waals surface area contributed by atoms with Crippen LogP contribution >= 0.6 is 0 Å². The maximum Gasteiger partial charge on any atom is 0.257 e. The minimum absolute atomic E-state index is 0.152. The Bertz CT molecular complexity index is 669. The summed E-state index contributed by atoms with van der Waals surface area (Å²) in [4.78, 5) is 12.3. The van der Waals surface area contributed by atoms with E-state index in [1.165, 1.54) is 0 Å². The Balaban J connectivity index is 2.06. The molecule has 1 aromatic carbocycles. The van der Waals surface area contributed by atoms with Crippen LogP contribution < -0.4 is 10.1 Å². The third-order valence-electron chi connectivity index (χ3n) is 3.17. The van der Waals surface area contributed by atoms with Gasteiger partial charge in [-0.05, 0) is 24.1 Å². The molecule has 0 saturated carbocycles. The summed E-state index contributed by atoms with van der Waals surface area (Å²) in [5.41, 5.74) is 0.368. The largest absolute Gasteiger partial charge is 0.493 e. The number of carbonyl (C=O) groups excluding carboxylic acids is 1. The molecule has 0 radical (unpaired) electrons. The summed E-state index contributed by atoms with van der Waals surface area (Å²) in [7, 11) is 0. The molecule has 0 aliphatic carbocycles. The summed E-state index contributed by atoms with van der Waals surface area (Å²) < 4.78 is 10.9. The number of aromatic nitrogens is 1.